The molecule has 8 heteroatoms. The maximum atomic E-state index is 13.4. The molecule has 0 atom stereocenters. The number of nitrogens with one attached hydrogen (secondary N) is 1. The van der Waals surface area contributed by atoms with Crippen molar-refractivity contribution in [1.29, 1.82) is 0 Å². The van der Waals surface area contributed by atoms with Crippen LogP contribution in [0.3, 0.4) is 0 Å². The van der Waals surface area contributed by atoms with Gasteiger partial charge in [0.05, 0.1) is 11.5 Å². The smallest absolute Gasteiger partial charge is 0.264 e. The van der Waals surface area contributed by atoms with Crippen LogP contribution in [0.4, 0.5) is 10.3 Å². The Labute approximate surface area is 179 Å². The van der Waals surface area contributed by atoms with Crippen molar-refractivity contribution in [3.63, 3.8) is 0 Å². The molecule has 158 valence electrons. The third-order valence-electron chi connectivity index (χ3n) is 4.41. The van der Waals surface area contributed by atoms with Gasteiger partial charge in [-0.2, -0.15) is 0 Å². The van der Waals surface area contributed by atoms with E-state index < -0.39 is 15.8 Å². The Morgan fingerprint density at radius 2 is 1.52 bits per heavy atom. The summed E-state index contributed by atoms with van der Waals surface area (Å²) in [5.41, 5.74) is 1.74. The van der Waals surface area contributed by atoms with E-state index >= 15 is 0 Å². The Morgan fingerprint density at radius 3 is 2.19 bits per heavy atom. The second-order valence-corrected chi connectivity index (χ2v) is 8.37. The molecule has 6 nitrogen and oxygen atoms in total. The summed E-state index contributed by atoms with van der Waals surface area (Å²) in [5.74, 6) is -0.278. The molecule has 3 aromatic carbocycles. The molecule has 0 aliphatic rings. The van der Waals surface area contributed by atoms with E-state index in [9.17, 15) is 12.8 Å². The van der Waals surface area contributed by atoms with Crippen LogP contribution in [0.2, 0.25) is 0 Å². The number of hydrogen-bond acceptors (Lipinski definition) is 5. The number of anilines is 1. The van der Waals surface area contributed by atoms with E-state index in [2.05, 4.69) is 9.71 Å². The van der Waals surface area contributed by atoms with E-state index in [4.69, 9.17) is 9.15 Å². The van der Waals surface area contributed by atoms with Gasteiger partial charge in [0, 0.05) is 5.56 Å². The fourth-order valence-electron chi connectivity index (χ4n) is 2.91. The average molecular weight is 438 g/mol. The van der Waals surface area contributed by atoms with Gasteiger partial charge in [0.1, 0.15) is 18.1 Å². The summed E-state index contributed by atoms with van der Waals surface area (Å²) in [6.45, 7) is 0.385. The lowest BCUT2D eigenvalue weighted by Crippen LogP contribution is -2.12. The Balaban J connectivity index is 1.60. The second kappa shape index (κ2) is 9.11. The van der Waals surface area contributed by atoms with Crippen molar-refractivity contribution in [3.8, 4) is 11.3 Å². The molecule has 0 spiro atoms. The zero-order valence-corrected chi connectivity index (χ0v) is 17.2. The number of hydrogen-bond donors (Lipinski definition) is 1. The molecule has 0 saturated carbocycles. The number of rotatable bonds is 8. The maximum absolute atomic E-state index is 13.4. The minimum atomic E-state index is -3.90. The number of oxazole rings is 1. The molecule has 0 fully saturated rings. The van der Waals surface area contributed by atoms with Gasteiger partial charge in [-0.3, -0.25) is 0 Å². The van der Waals surface area contributed by atoms with E-state index in [1.165, 1.54) is 36.4 Å². The average Bonchev–Trinajstić information content (AvgIpc) is 3.17. The largest absolute Gasteiger partial charge is 0.421 e. The number of ether oxygens (including phenoxy) is 1. The molecule has 4 rings (SSSR count). The Morgan fingerprint density at radius 1 is 0.871 bits per heavy atom. The van der Waals surface area contributed by atoms with E-state index in [-0.39, 0.29) is 29.0 Å². The van der Waals surface area contributed by atoms with E-state index in [0.717, 1.165) is 5.56 Å². The highest BCUT2D eigenvalue weighted by molar-refractivity contribution is 7.92. The molecule has 0 aliphatic carbocycles. The monoisotopic (exact) mass is 438 g/mol. The van der Waals surface area contributed by atoms with Crippen molar-refractivity contribution >= 4 is 15.9 Å². The predicted molar refractivity (Wildman–Crippen MR) is 114 cm³/mol. The van der Waals surface area contributed by atoms with Gasteiger partial charge in [0.15, 0.2) is 0 Å². The number of sulfonamides is 1. The number of benzene rings is 3. The Hall–Kier alpha value is -3.49. The van der Waals surface area contributed by atoms with E-state index in [1.807, 2.05) is 30.3 Å². The van der Waals surface area contributed by atoms with Crippen LogP contribution < -0.4 is 4.72 Å². The van der Waals surface area contributed by atoms with Gasteiger partial charge >= 0.3 is 0 Å². The van der Waals surface area contributed by atoms with E-state index in [1.54, 1.807) is 18.2 Å². The van der Waals surface area contributed by atoms with Crippen LogP contribution in [0.1, 0.15) is 11.5 Å². The molecular weight excluding hydrogens is 419 g/mol. The van der Waals surface area contributed by atoms with Gasteiger partial charge in [-0.25, -0.2) is 22.5 Å². The summed E-state index contributed by atoms with van der Waals surface area (Å²) in [5, 5.41) is 0. The third kappa shape index (κ3) is 5.17. The first-order valence-electron chi connectivity index (χ1n) is 9.46. The van der Waals surface area contributed by atoms with Gasteiger partial charge in [-0.15, -0.1) is 0 Å². The minimum Gasteiger partial charge on any atom is -0.421 e. The van der Waals surface area contributed by atoms with Crippen molar-refractivity contribution in [3.05, 3.63) is 102 Å². The van der Waals surface area contributed by atoms with Crippen LogP contribution in [0.5, 0.6) is 0 Å². The molecule has 0 bridgehead atoms. The van der Waals surface area contributed by atoms with Crippen LogP contribution >= 0.6 is 0 Å². The zero-order chi connectivity index (χ0) is 21.7. The van der Waals surface area contributed by atoms with Gasteiger partial charge in [0.25, 0.3) is 10.0 Å². The molecular formula is C23H19FN2O4S. The molecule has 1 N–H and O–H groups in total. The molecule has 0 aliphatic heterocycles. The zero-order valence-electron chi connectivity index (χ0n) is 16.4. The molecule has 1 aromatic heterocycles. The van der Waals surface area contributed by atoms with Crippen molar-refractivity contribution in [1.82, 2.24) is 4.98 Å². The lowest BCUT2D eigenvalue weighted by Gasteiger charge is -2.07. The summed E-state index contributed by atoms with van der Waals surface area (Å²) in [7, 11) is -3.90. The first kappa shape index (κ1) is 20.8. The highest BCUT2D eigenvalue weighted by Gasteiger charge is 2.22. The van der Waals surface area contributed by atoms with Crippen molar-refractivity contribution in [2.75, 3.05) is 4.72 Å². The second-order valence-electron chi connectivity index (χ2n) is 6.69. The maximum Gasteiger partial charge on any atom is 0.264 e. The minimum absolute atomic E-state index is 0.0379. The van der Waals surface area contributed by atoms with Gasteiger partial charge in [-0.1, -0.05) is 48.5 Å². The predicted octanol–water partition coefficient (Wildman–Crippen LogP) is 5.00. The molecule has 0 saturated heterocycles. The molecule has 1 heterocycles. The standard InChI is InChI=1S/C23H19FN2O4S/c24-19-13-11-18(12-14-19)22-23(26-31(27,28)20-9-5-2-6-10-20)30-21(25-22)16-29-15-17-7-3-1-4-8-17/h1-14,26H,15-16H2. The van der Waals surface area contributed by atoms with Gasteiger partial charge in [0.2, 0.25) is 11.8 Å². The van der Waals surface area contributed by atoms with Crippen LogP contribution in [0, 0.1) is 5.82 Å². The van der Waals surface area contributed by atoms with Crippen molar-refractivity contribution in [2.45, 2.75) is 18.1 Å². The van der Waals surface area contributed by atoms with Crippen LogP contribution in [-0.2, 0) is 28.0 Å². The Bertz CT molecular complexity index is 1240. The summed E-state index contributed by atoms with van der Waals surface area (Å²) in [6, 6.07) is 23.0. The number of nitrogens with zero attached hydrogens (tertiary/aromatic N) is 1. The molecule has 31 heavy (non-hydrogen) atoms. The lowest BCUT2D eigenvalue weighted by molar-refractivity contribution is 0.0901. The molecule has 0 amide bonds. The normalized spacial score (nSPS) is 11.4. The number of halogens is 1. The number of aromatic nitrogens is 1. The van der Waals surface area contributed by atoms with Crippen molar-refractivity contribution < 1.29 is 22.0 Å². The highest BCUT2D eigenvalue weighted by atomic mass is 32.2. The summed E-state index contributed by atoms with van der Waals surface area (Å²) < 4.78 is 52.6. The summed E-state index contributed by atoms with van der Waals surface area (Å²) in [6.07, 6.45) is 0. The van der Waals surface area contributed by atoms with Crippen LogP contribution in [0.25, 0.3) is 11.3 Å². The van der Waals surface area contributed by atoms with E-state index in [0.29, 0.717) is 12.2 Å². The SMILES string of the molecule is O=S(=O)(Nc1oc(COCc2ccccc2)nc1-c1ccc(F)cc1)c1ccccc1. The fraction of sp³-hybridized carbons (Fsp3) is 0.0870. The fourth-order valence-corrected chi connectivity index (χ4v) is 3.93. The first-order valence-corrected chi connectivity index (χ1v) is 10.9. The Kier molecular flexibility index (Phi) is 6.11. The molecule has 0 radical (unpaired) electrons. The van der Waals surface area contributed by atoms with Crippen molar-refractivity contribution in [2.24, 2.45) is 0 Å². The highest BCUT2D eigenvalue weighted by Crippen LogP contribution is 2.31. The first-order chi connectivity index (χ1) is 15.0. The third-order valence-corrected chi connectivity index (χ3v) is 5.75. The van der Waals surface area contributed by atoms with Gasteiger partial charge < -0.3 is 9.15 Å². The molecule has 0 unspecified atom stereocenters. The van der Waals surface area contributed by atoms with Gasteiger partial charge in [-0.05, 0) is 42.0 Å². The van der Waals surface area contributed by atoms with Crippen LogP contribution in [0.15, 0.2) is 94.2 Å². The quantitative estimate of drug-likeness (QED) is 0.419. The summed E-state index contributed by atoms with van der Waals surface area (Å²) >= 11 is 0. The van der Waals surface area contributed by atoms with Crippen LogP contribution in [-0.4, -0.2) is 13.4 Å². The lowest BCUT2D eigenvalue weighted by atomic mass is 10.1. The summed E-state index contributed by atoms with van der Waals surface area (Å²) in [4.78, 5) is 4.46. The molecule has 4 aromatic rings. The topological polar surface area (TPSA) is 81.4 Å².